The van der Waals surface area contributed by atoms with Crippen LogP contribution in [0.25, 0.3) is 22.6 Å². The zero-order chi connectivity index (χ0) is 11.8. The molecule has 0 atom stereocenters. The van der Waals surface area contributed by atoms with E-state index in [4.69, 9.17) is 15.9 Å². The van der Waals surface area contributed by atoms with Gasteiger partial charge in [-0.1, -0.05) is 6.07 Å². The fourth-order valence-electron chi connectivity index (χ4n) is 1.72. The van der Waals surface area contributed by atoms with Crippen molar-refractivity contribution in [2.24, 2.45) is 0 Å². The zero-order valence-electron chi connectivity index (χ0n) is 9.05. The Bertz CT molecular complexity index is 671. The van der Waals surface area contributed by atoms with E-state index in [1.165, 1.54) is 0 Å². The maximum Gasteiger partial charge on any atom is 0.227 e. The molecule has 0 fully saturated rings. The Balaban J connectivity index is 2.18. The molecule has 1 heterocycles. The van der Waals surface area contributed by atoms with Gasteiger partial charge >= 0.3 is 0 Å². The number of rotatable bonds is 1. The first-order chi connectivity index (χ1) is 8.24. The maximum absolute atomic E-state index is 5.82. The van der Waals surface area contributed by atoms with Crippen LogP contribution in [0, 0.1) is 0 Å². The van der Waals surface area contributed by atoms with E-state index in [-0.39, 0.29) is 0 Å². The summed E-state index contributed by atoms with van der Waals surface area (Å²) in [6, 6.07) is 12.9. The summed E-state index contributed by atoms with van der Waals surface area (Å²) < 4.78 is 5.65. The third-order valence-electron chi connectivity index (χ3n) is 2.60. The molecule has 1 aromatic heterocycles. The number of aromatic nitrogens is 1. The minimum Gasteiger partial charge on any atom is -0.434 e. The van der Waals surface area contributed by atoms with Crippen molar-refractivity contribution in [2.75, 3.05) is 11.5 Å². The fourth-order valence-corrected chi connectivity index (χ4v) is 1.72. The minimum atomic E-state index is 0.554. The van der Waals surface area contributed by atoms with Crippen molar-refractivity contribution in [3.63, 3.8) is 0 Å². The lowest BCUT2D eigenvalue weighted by molar-refractivity contribution is 0.621. The van der Waals surface area contributed by atoms with Crippen LogP contribution in [0.4, 0.5) is 11.4 Å². The van der Waals surface area contributed by atoms with E-state index < -0.39 is 0 Å². The van der Waals surface area contributed by atoms with Gasteiger partial charge in [-0.2, -0.15) is 0 Å². The largest absolute Gasteiger partial charge is 0.434 e. The molecule has 84 valence electrons. The molecular formula is C13H11N3O. The number of oxazole rings is 1. The highest BCUT2D eigenvalue weighted by Gasteiger charge is 2.09. The van der Waals surface area contributed by atoms with Crippen LogP contribution in [-0.4, -0.2) is 4.98 Å². The van der Waals surface area contributed by atoms with Crippen LogP contribution in [0.5, 0.6) is 0 Å². The van der Waals surface area contributed by atoms with E-state index in [1.54, 1.807) is 6.07 Å². The molecule has 4 nitrogen and oxygen atoms in total. The molecule has 0 amide bonds. The van der Waals surface area contributed by atoms with Crippen LogP contribution in [0.2, 0.25) is 0 Å². The minimum absolute atomic E-state index is 0.554. The number of nitrogens with zero attached hydrogens (tertiary/aromatic N) is 1. The Kier molecular flexibility index (Phi) is 2.01. The monoisotopic (exact) mass is 225 g/mol. The van der Waals surface area contributed by atoms with Crippen molar-refractivity contribution in [2.45, 2.75) is 0 Å². The number of hydrogen-bond acceptors (Lipinski definition) is 4. The molecule has 4 N–H and O–H groups in total. The molecule has 4 heteroatoms. The lowest BCUT2D eigenvalue weighted by Crippen LogP contribution is -1.83. The van der Waals surface area contributed by atoms with Gasteiger partial charge in [-0.15, -0.1) is 0 Å². The summed E-state index contributed by atoms with van der Waals surface area (Å²) in [7, 11) is 0. The van der Waals surface area contributed by atoms with E-state index in [2.05, 4.69) is 4.98 Å². The topological polar surface area (TPSA) is 78.1 Å². The first-order valence-electron chi connectivity index (χ1n) is 5.25. The van der Waals surface area contributed by atoms with E-state index in [0.717, 1.165) is 11.1 Å². The smallest absolute Gasteiger partial charge is 0.227 e. The number of fused-ring (bicyclic) bond motifs is 1. The Morgan fingerprint density at radius 1 is 0.941 bits per heavy atom. The van der Waals surface area contributed by atoms with Crippen molar-refractivity contribution >= 4 is 22.5 Å². The Morgan fingerprint density at radius 3 is 2.41 bits per heavy atom. The molecule has 0 spiro atoms. The number of para-hydroxylation sites is 1. The van der Waals surface area contributed by atoms with Gasteiger partial charge in [0.15, 0.2) is 5.58 Å². The summed E-state index contributed by atoms with van der Waals surface area (Å²) in [4.78, 5) is 4.39. The van der Waals surface area contributed by atoms with Crippen LogP contribution >= 0.6 is 0 Å². The van der Waals surface area contributed by atoms with Crippen LogP contribution in [-0.2, 0) is 0 Å². The van der Waals surface area contributed by atoms with Crippen molar-refractivity contribution in [3.05, 3.63) is 42.5 Å². The molecule has 0 bridgehead atoms. The van der Waals surface area contributed by atoms with Gasteiger partial charge in [-0.25, -0.2) is 4.98 Å². The predicted octanol–water partition coefficient (Wildman–Crippen LogP) is 2.66. The molecule has 3 rings (SSSR count). The summed E-state index contributed by atoms with van der Waals surface area (Å²) >= 11 is 0. The van der Waals surface area contributed by atoms with E-state index in [1.807, 2.05) is 36.4 Å². The van der Waals surface area contributed by atoms with Crippen molar-refractivity contribution in [1.29, 1.82) is 0 Å². The van der Waals surface area contributed by atoms with Crippen LogP contribution in [0.3, 0.4) is 0 Å². The molecule has 0 saturated heterocycles. The second-order valence-corrected chi connectivity index (χ2v) is 3.84. The molecule has 0 aliphatic rings. The molecule has 0 radical (unpaired) electrons. The van der Waals surface area contributed by atoms with Gasteiger partial charge in [0.2, 0.25) is 5.89 Å². The Morgan fingerprint density at radius 2 is 1.71 bits per heavy atom. The van der Waals surface area contributed by atoms with Crippen LogP contribution in [0.1, 0.15) is 0 Å². The molecule has 17 heavy (non-hydrogen) atoms. The predicted molar refractivity (Wildman–Crippen MR) is 68.3 cm³/mol. The lowest BCUT2D eigenvalue weighted by atomic mass is 10.2. The van der Waals surface area contributed by atoms with Gasteiger partial charge < -0.3 is 15.9 Å². The number of nitrogens with two attached hydrogens (primary N) is 2. The van der Waals surface area contributed by atoms with E-state index in [9.17, 15) is 0 Å². The van der Waals surface area contributed by atoms with Gasteiger partial charge in [0.25, 0.3) is 0 Å². The first kappa shape index (κ1) is 9.72. The number of hydrogen-bond donors (Lipinski definition) is 2. The van der Waals surface area contributed by atoms with Crippen LogP contribution < -0.4 is 11.5 Å². The summed E-state index contributed by atoms with van der Waals surface area (Å²) in [5.41, 5.74) is 15.0. The quantitative estimate of drug-likeness (QED) is 0.624. The molecule has 0 unspecified atom stereocenters. The summed E-state index contributed by atoms with van der Waals surface area (Å²) in [6.07, 6.45) is 0. The Hall–Kier alpha value is -2.49. The third-order valence-corrected chi connectivity index (χ3v) is 2.60. The van der Waals surface area contributed by atoms with Gasteiger partial charge in [-0.3, -0.25) is 0 Å². The average Bonchev–Trinajstić information content (AvgIpc) is 2.75. The standard InChI is InChI=1S/C13H11N3O/c14-9-6-4-8(5-7-9)13-16-11-3-1-2-10(15)12(11)17-13/h1-7H,14-15H2. The fraction of sp³-hybridized carbons (Fsp3) is 0. The molecule has 3 aromatic rings. The zero-order valence-corrected chi connectivity index (χ0v) is 9.05. The number of benzene rings is 2. The highest BCUT2D eigenvalue weighted by molar-refractivity contribution is 5.86. The molecule has 0 saturated carbocycles. The SMILES string of the molecule is Nc1ccc(-c2nc3cccc(N)c3o2)cc1. The van der Waals surface area contributed by atoms with Crippen LogP contribution in [0.15, 0.2) is 46.9 Å². The van der Waals surface area contributed by atoms with E-state index >= 15 is 0 Å². The molecule has 0 aliphatic carbocycles. The normalized spacial score (nSPS) is 10.8. The molecule has 0 aliphatic heterocycles. The van der Waals surface area contributed by atoms with Gasteiger partial charge in [-0.05, 0) is 36.4 Å². The second-order valence-electron chi connectivity index (χ2n) is 3.84. The number of nitrogen functional groups attached to an aromatic ring is 2. The van der Waals surface area contributed by atoms with Gasteiger partial charge in [0.05, 0.1) is 5.69 Å². The lowest BCUT2D eigenvalue weighted by Gasteiger charge is -1.95. The average molecular weight is 225 g/mol. The van der Waals surface area contributed by atoms with Crippen molar-refractivity contribution in [1.82, 2.24) is 4.98 Å². The molecular weight excluding hydrogens is 214 g/mol. The third kappa shape index (κ3) is 1.59. The maximum atomic E-state index is 5.82. The van der Waals surface area contributed by atoms with Gasteiger partial charge in [0.1, 0.15) is 5.52 Å². The van der Waals surface area contributed by atoms with E-state index in [0.29, 0.717) is 22.8 Å². The highest BCUT2D eigenvalue weighted by Crippen LogP contribution is 2.27. The van der Waals surface area contributed by atoms with Crippen molar-refractivity contribution < 1.29 is 4.42 Å². The summed E-state index contributed by atoms with van der Waals surface area (Å²) in [5.74, 6) is 0.554. The summed E-state index contributed by atoms with van der Waals surface area (Å²) in [6.45, 7) is 0. The molecule has 2 aromatic carbocycles. The number of anilines is 2. The summed E-state index contributed by atoms with van der Waals surface area (Å²) in [5, 5.41) is 0. The first-order valence-corrected chi connectivity index (χ1v) is 5.25. The highest BCUT2D eigenvalue weighted by atomic mass is 16.3. The van der Waals surface area contributed by atoms with Gasteiger partial charge in [0, 0.05) is 11.3 Å². The second kappa shape index (κ2) is 3.52. The van der Waals surface area contributed by atoms with Crippen molar-refractivity contribution in [3.8, 4) is 11.5 Å². The Labute approximate surface area is 97.9 Å².